The van der Waals surface area contributed by atoms with Crippen LogP contribution in [0.2, 0.25) is 0 Å². The van der Waals surface area contributed by atoms with Crippen LogP contribution >= 0.6 is 0 Å². The molecule has 0 aromatic heterocycles. The van der Waals surface area contributed by atoms with Crippen LogP contribution in [0.4, 0.5) is 0 Å². The number of ether oxygens (including phenoxy) is 2. The van der Waals surface area contributed by atoms with E-state index in [0.717, 1.165) is 16.7 Å². The summed E-state index contributed by atoms with van der Waals surface area (Å²) in [5.41, 5.74) is 3.03. The maximum absolute atomic E-state index is 12.6. The van der Waals surface area contributed by atoms with Crippen LogP contribution in [0.25, 0.3) is 0 Å². The number of nitrogens with zero attached hydrogens (tertiary/aromatic N) is 1. The first kappa shape index (κ1) is 23.9. The van der Waals surface area contributed by atoms with Crippen molar-refractivity contribution < 1.29 is 22.1 Å². The Hall–Kier alpha value is -3.76. The first-order valence-electron chi connectivity index (χ1n) is 10.3. The highest BCUT2D eigenvalue weighted by molar-refractivity contribution is 7.87. The third-order valence-corrected chi connectivity index (χ3v) is 5.93. The lowest BCUT2D eigenvalue weighted by molar-refractivity contribution is 0.320. The topological polar surface area (TPSA) is 85.6 Å². The number of aryl methyl sites for hydroxylation is 2. The zero-order chi connectivity index (χ0) is 23.8. The van der Waals surface area contributed by atoms with Crippen LogP contribution in [0.5, 0.6) is 17.2 Å². The molecule has 170 valence electrons. The maximum Gasteiger partial charge on any atom is 0.339 e. The fourth-order valence-electron chi connectivity index (χ4n) is 3.16. The first-order valence-corrected chi connectivity index (χ1v) is 11.7. The highest BCUT2D eigenvalue weighted by Crippen LogP contribution is 2.26. The van der Waals surface area contributed by atoms with Crippen molar-refractivity contribution in [2.24, 2.45) is 0 Å². The van der Waals surface area contributed by atoms with Gasteiger partial charge in [-0.05, 0) is 66.9 Å². The van der Waals surface area contributed by atoms with E-state index in [2.05, 4.69) is 12.6 Å². The highest BCUT2D eigenvalue weighted by atomic mass is 32.2. The fourth-order valence-corrected chi connectivity index (χ4v) is 4.18. The van der Waals surface area contributed by atoms with Crippen molar-refractivity contribution in [2.75, 3.05) is 13.2 Å². The minimum absolute atomic E-state index is 0.0989. The summed E-state index contributed by atoms with van der Waals surface area (Å²) < 4.78 is 42.0. The summed E-state index contributed by atoms with van der Waals surface area (Å²) >= 11 is 0. The molecule has 0 atom stereocenters. The van der Waals surface area contributed by atoms with Crippen LogP contribution in [0.1, 0.15) is 22.3 Å². The van der Waals surface area contributed by atoms with E-state index in [1.54, 1.807) is 36.4 Å². The molecule has 0 saturated heterocycles. The van der Waals surface area contributed by atoms with Gasteiger partial charge in [-0.15, -0.1) is 0 Å². The van der Waals surface area contributed by atoms with Crippen molar-refractivity contribution in [1.29, 1.82) is 5.26 Å². The smallest absolute Gasteiger partial charge is 0.339 e. The van der Waals surface area contributed by atoms with Crippen LogP contribution in [0, 0.1) is 25.2 Å². The summed E-state index contributed by atoms with van der Waals surface area (Å²) in [5, 5.41) is 9.22. The number of rotatable bonds is 10. The second kappa shape index (κ2) is 10.7. The van der Waals surface area contributed by atoms with Crippen molar-refractivity contribution in [3.63, 3.8) is 0 Å². The molecule has 33 heavy (non-hydrogen) atoms. The third kappa shape index (κ3) is 6.61. The van der Waals surface area contributed by atoms with Gasteiger partial charge < -0.3 is 13.7 Å². The van der Waals surface area contributed by atoms with Crippen LogP contribution in [-0.2, 0) is 16.5 Å². The summed E-state index contributed by atoms with van der Waals surface area (Å²) in [4.78, 5) is 0.0989. The Balaban J connectivity index is 1.68. The van der Waals surface area contributed by atoms with Crippen molar-refractivity contribution in [1.82, 2.24) is 0 Å². The molecule has 0 unspecified atom stereocenters. The molecular weight excluding hydrogens is 438 g/mol. The molecule has 0 radical (unpaired) electrons. The van der Waals surface area contributed by atoms with Crippen LogP contribution in [0.3, 0.4) is 0 Å². The predicted molar refractivity (Wildman–Crippen MR) is 126 cm³/mol. The zero-order valence-electron chi connectivity index (χ0n) is 18.6. The first-order chi connectivity index (χ1) is 15.8. The lowest BCUT2D eigenvalue weighted by Crippen LogP contribution is -2.10. The largest absolute Gasteiger partial charge is 0.493 e. The summed E-state index contributed by atoms with van der Waals surface area (Å²) in [6, 6.07) is 19.0. The number of nitriles is 1. The monoisotopic (exact) mass is 463 g/mol. The molecule has 3 aromatic carbocycles. The molecule has 0 aliphatic rings. The molecule has 0 aliphatic carbocycles. The fraction of sp³-hybridized carbons (Fsp3) is 0.192. The molecule has 0 amide bonds. The second-order valence-corrected chi connectivity index (χ2v) is 9.02. The quantitative estimate of drug-likeness (QED) is 0.306. The Bertz CT molecular complexity index is 1290. The van der Waals surface area contributed by atoms with Crippen molar-refractivity contribution >= 4 is 10.1 Å². The zero-order valence-corrected chi connectivity index (χ0v) is 19.4. The van der Waals surface area contributed by atoms with E-state index < -0.39 is 10.1 Å². The Kier molecular flexibility index (Phi) is 7.75. The summed E-state index contributed by atoms with van der Waals surface area (Å²) in [7, 11) is -3.95. The Morgan fingerprint density at radius 2 is 1.76 bits per heavy atom. The van der Waals surface area contributed by atoms with Crippen LogP contribution in [-0.4, -0.2) is 21.6 Å². The minimum Gasteiger partial charge on any atom is -0.493 e. The van der Waals surface area contributed by atoms with Crippen molar-refractivity contribution in [3.05, 3.63) is 95.6 Å². The highest BCUT2D eigenvalue weighted by Gasteiger charge is 2.17. The Morgan fingerprint density at radius 3 is 2.48 bits per heavy atom. The summed E-state index contributed by atoms with van der Waals surface area (Å²) in [5.74, 6) is 1.19. The van der Waals surface area contributed by atoms with Gasteiger partial charge in [0.25, 0.3) is 0 Å². The van der Waals surface area contributed by atoms with E-state index >= 15 is 0 Å². The second-order valence-electron chi connectivity index (χ2n) is 7.48. The van der Waals surface area contributed by atoms with E-state index in [1.165, 1.54) is 6.07 Å². The summed E-state index contributed by atoms with van der Waals surface area (Å²) in [6.45, 7) is 7.93. The predicted octanol–water partition coefficient (Wildman–Crippen LogP) is 5.13. The van der Waals surface area contributed by atoms with Gasteiger partial charge in [0.2, 0.25) is 0 Å². The average molecular weight is 464 g/mol. The van der Waals surface area contributed by atoms with Gasteiger partial charge in [0.1, 0.15) is 34.8 Å². The normalized spacial score (nSPS) is 10.8. The SMILES string of the molecule is C=CCOc1cc(CCOc2cc(C)cc(OS(=O)(=O)c3cccc(C)c3)c2)ccc1C#N. The van der Waals surface area contributed by atoms with Gasteiger partial charge in [-0.25, -0.2) is 0 Å². The molecule has 0 heterocycles. The van der Waals surface area contributed by atoms with E-state index in [-0.39, 0.29) is 10.6 Å². The lowest BCUT2D eigenvalue weighted by Gasteiger charge is -2.12. The van der Waals surface area contributed by atoms with Gasteiger partial charge in [-0.2, -0.15) is 13.7 Å². The molecule has 0 spiro atoms. The van der Waals surface area contributed by atoms with Gasteiger partial charge in [0.15, 0.2) is 0 Å². The van der Waals surface area contributed by atoms with Crippen molar-refractivity contribution in [2.45, 2.75) is 25.2 Å². The standard InChI is InChI=1S/C26H25NO5S/c1-4-11-31-26-16-21(8-9-22(26)18-27)10-12-30-23-13-20(3)14-24(17-23)32-33(28,29)25-7-5-6-19(2)15-25/h4-9,13-17H,1,10-12H2,2-3H3. The van der Waals surface area contributed by atoms with E-state index in [1.807, 2.05) is 38.1 Å². The van der Waals surface area contributed by atoms with Crippen LogP contribution < -0.4 is 13.7 Å². The van der Waals surface area contributed by atoms with Crippen molar-refractivity contribution in [3.8, 4) is 23.3 Å². The van der Waals surface area contributed by atoms with Gasteiger partial charge in [-0.3, -0.25) is 0 Å². The van der Waals surface area contributed by atoms with Gasteiger partial charge in [-0.1, -0.05) is 30.9 Å². The number of hydrogen-bond acceptors (Lipinski definition) is 6. The van der Waals surface area contributed by atoms with E-state index in [4.69, 9.17) is 13.7 Å². The maximum atomic E-state index is 12.6. The van der Waals surface area contributed by atoms with Gasteiger partial charge in [0.05, 0.1) is 12.2 Å². The molecule has 0 saturated carbocycles. The van der Waals surface area contributed by atoms with Crippen LogP contribution in [0.15, 0.2) is 78.2 Å². The molecule has 7 heteroatoms. The molecule has 3 rings (SSSR count). The average Bonchev–Trinajstić information content (AvgIpc) is 2.77. The van der Waals surface area contributed by atoms with Gasteiger partial charge in [0, 0.05) is 12.5 Å². The Labute approximate surface area is 194 Å². The minimum atomic E-state index is -3.95. The molecular formula is C26H25NO5S. The Morgan fingerprint density at radius 1 is 0.970 bits per heavy atom. The third-order valence-electron chi connectivity index (χ3n) is 4.69. The summed E-state index contributed by atoms with van der Waals surface area (Å²) in [6.07, 6.45) is 2.19. The molecule has 0 bridgehead atoms. The van der Waals surface area contributed by atoms with E-state index in [0.29, 0.717) is 36.7 Å². The molecule has 0 fully saturated rings. The molecule has 6 nitrogen and oxygen atoms in total. The van der Waals surface area contributed by atoms with Gasteiger partial charge >= 0.3 is 10.1 Å². The molecule has 3 aromatic rings. The molecule has 0 aliphatic heterocycles. The lowest BCUT2D eigenvalue weighted by atomic mass is 10.1. The molecule has 0 N–H and O–H groups in total. The number of benzene rings is 3. The van der Waals surface area contributed by atoms with E-state index in [9.17, 15) is 13.7 Å². The number of hydrogen-bond donors (Lipinski definition) is 0.